The molecule has 1 unspecified atom stereocenters. The normalized spacial score (nSPS) is 15.4. The number of benzene rings is 3. The van der Waals surface area contributed by atoms with Gasteiger partial charge >= 0.3 is 0 Å². The molecule has 1 heterocycles. The van der Waals surface area contributed by atoms with Crippen LogP contribution in [-0.4, -0.2) is 27.4 Å². The maximum atomic E-state index is 15.9. The van der Waals surface area contributed by atoms with Gasteiger partial charge in [0.15, 0.2) is 6.17 Å². The Bertz CT molecular complexity index is 1050. The molecule has 3 aromatic rings. The molecule has 1 aliphatic rings. The second-order valence-corrected chi connectivity index (χ2v) is 8.47. The van der Waals surface area contributed by atoms with E-state index in [0.29, 0.717) is 30.5 Å². The molecule has 3 aromatic carbocycles. The summed E-state index contributed by atoms with van der Waals surface area (Å²) >= 11 is 0. The first-order valence-electron chi connectivity index (χ1n) is 11.1. The molecular weight excluding hydrogens is 403 g/mol. The molecule has 1 atom stereocenters. The number of hydrogen-bond acceptors (Lipinski definition) is 4. The first-order chi connectivity index (χ1) is 15.5. The summed E-state index contributed by atoms with van der Waals surface area (Å²) in [6.45, 7) is 5.40. The predicted octanol–water partition coefficient (Wildman–Crippen LogP) is 6.27. The highest BCUT2D eigenvalue weighted by Gasteiger charge is 2.40. The molecule has 0 radical (unpaired) electrons. The standard InChI is InChI=1S/C27H31FN2O2/c1-19(2)21-13-14-23(22(18-21)17-20-9-6-5-7-10-20)27-29(15-16-31-3)26-24(30(27)28)11-8-12-25(26)32-4/h5-14,18-19,27H,15-17H2,1-4H3. The summed E-state index contributed by atoms with van der Waals surface area (Å²) in [5.41, 5.74) is 5.82. The number of hydrogen-bond donors (Lipinski definition) is 0. The molecule has 0 fully saturated rings. The van der Waals surface area contributed by atoms with Gasteiger partial charge in [0.05, 0.1) is 19.4 Å². The highest BCUT2D eigenvalue weighted by atomic mass is 19.2. The van der Waals surface area contributed by atoms with Crippen molar-refractivity contribution in [2.24, 2.45) is 0 Å². The molecule has 0 aromatic heterocycles. The van der Waals surface area contributed by atoms with E-state index in [2.05, 4.69) is 49.1 Å². The van der Waals surface area contributed by atoms with Gasteiger partial charge < -0.3 is 14.4 Å². The SMILES string of the molecule is COCCN1c2c(OC)cccc2N(F)C1c1ccc(C(C)C)cc1Cc1ccccc1. The molecule has 0 N–H and O–H groups in total. The fraction of sp³-hybridized carbons (Fsp3) is 0.333. The third-order valence-corrected chi connectivity index (χ3v) is 6.11. The summed E-state index contributed by atoms with van der Waals surface area (Å²) in [7, 11) is 3.29. The van der Waals surface area contributed by atoms with Crippen LogP contribution in [0.1, 0.15) is 48.2 Å². The number of nitrogens with zero attached hydrogens (tertiary/aromatic N) is 2. The van der Waals surface area contributed by atoms with E-state index in [0.717, 1.165) is 28.4 Å². The van der Waals surface area contributed by atoms with Gasteiger partial charge in [-0.2, -0.15) is 5.12 Å². The van der Waals surface area contributed by atoms with Gasteiger partial charge in [-0.15, -0.1) is 0 Å². The van der Waals surface area contributed by atoms with Crippen molar-refractivity contribution in [1.29, 1.82) is 0 Å². The van der Waals surface area contributed by atoms with E-state index in [1.807, 2.05) is 30.3 Å². The molecule has 1 aliphatic heterocycles. The Morgan fingerprint density at radius 3 is 2.44 bits per heavy atom. The van der Waals surface area contributed by atoms with E-state index in [-0.39, 0.29) is 0 Å². The number of para-hydroxylation sites is 1. The second kappa shape index (κ2) is 9.61. The van der Waals surface area contributed by atoms with Crippen LogP contribution in [0.25, 0.3) is 0 Å². The summed E-state index contributed by atoms with van der Waals surface area (Å²) in [4.78, 5) is 2.05. The smallest absolute Gasteiger partial charge is 0.159 e. The first kappa shape index (κ1) is 22.2. The van der Waals surface area contributed by atoms with Crippen LogP contribution < -0.4 is 14.8 Å². The van der Waals surface area contributed by atoms with Gasteiger partial charge in [-0.1, -0.05) is 72.9 Å². The van der Waals surface area contributed by atoms with Gasteiger partial charge in [0.25, 0.3) is 0 Å². The first-order valence-corrected chi connectivity index (χ1v) is 11.1. The van der Waals surface area contributed by atoms with E-state index in [1.165, 1.54) is 11.1 Å². The molecule has 0 spiro atoms. The Labute approximate surface area is 190 Å². The van der Waals surface area contributed by atoms with Crippen molar-refractivity contribution in [2.45, 2.75) is 32.4 Å². The lowest BCUT2D eigenvalue weighted by Crippen LogP contribution is -2.35. The van der Waals surface area contributed by atoms with Gasteiger partial charge in [0, 0.05) is 19.2 Å². The number of rotatable bonds is 8. The van der Waals surface area contributed by atoms with E-state index in [4.69, 9.17) is 9.47 Å². The van der Waals surface area contributed by atoms with Crippen molar-refractivity contribution in [2.75, 3.05) is 37.4 Å². The minimum Gasteiger partial charge on any atom is -0.494 e. The van der Waals surface area contributed by atoms with Crippen LogP contribution in [0.5, 0.6) is 5.75 Å². The second-order valence-electron chi connectivity index (χ2n) is 8.47. The number of anilines is 2. The van der Waals surface area contributed by atoms with E-state index in [9.17, 15) is 0 Å². The number of fused-ring (bicyclic) bond motifs is 1. The van der Waals surface area contributed by atoms with E-state index >= 15 is 4.48 Å². The lowest BCUT2D eigenvalue weighted by Gasteiger charge is -2.31. The minimum atomic E-state index is -0.587. The van der Waals surface area contributed by atoms with Gasteiger partial charge in [-0.25, -0.2) is 0 Å². The number of ether oxygens (including phenoxy) is 2. The average Bonchev–Trinajstić information content (AvgIpc) is 3.09. The topological polar surface area (TPSA) is 24.9 Å². The largest absolute Gasteiger partial charge is 0.494 e. The molecule has 168 valence electrons. The Morgan fingerprint density at radius 2 is 1.75 bits per heavy atom. The summed E-state index contributed by atoms with van der Waals surface area (Å²) in [6.07, 6.45) is 0.156. The molecule has 0 aliphatic carbocycles. The van der Waals surface area contributed by atoms with Crippen molar-refractivity contribution in [1.82, 2.24) is 0 Å². The maximum absolute atomic E-state index is 15.9. The van der Waals surface area contributed by atoms with E-state index < -0.39 is 6.17 Å². The van der Waals surface area contributed by atoms with Gasteiger partial charge in [-0.05, 0) is 41.2 Å². The zero-order valence-electron chi connectivity index (χ0n) is 19.2. The van der Waals surface area contributed by atoms with Crippen LogP contribution in [0.2, 0.25) is 0 Å². The van der Waals surface area contributed by atoms with Crippen LogP contribution in [0.4, 0.5) is 15.9 Å². The van der Waals surface area contributed by atoms with Crippen molar-refractivity contribution in [3.8, 4) is 5.75 Å². The molecule has 0 amide bonds. The molecular formula is C27H31FN2O2. The maximum Gasteiger partial charge on any atom is 0.159 e. The van der Waals surface area contributed by atoms with Crippen LogP contribution >= 0.6 is 0 Å². The van der Waals surface area contributed by atoms with Gasteiger partial charge in [-0.3, -0.25) is 0 Å². The fourth-order valence-corrected chi connectivity index (χ4v) is 4.43. The molecule has 32 heavy (non-hydrogen) atoms. The molecule has 4 nitrogen and oxygen atoms in total. The lowest BCUT2D eigenvalue weighted by atomic mass is 9.92. The van der Waals surface area contributed by atoms with Crippen LogP contribution in [0.15, 0.2) is 66.7 Å². The molecule has 5 heteroatoms. The van der Waals surface area contributed by atoms with Gasteiger partial charge in [0.2, 0.25) is 0 Å². The Morgan fingerprint density at radius 1 is 0.969 bits per heavy atom. The summed E-state index contributed by atoms with van der Waals surface area (Å²) in [5, 5.41) is 0.867. The highest BCUT2D eigenvalue weighted by molar-refractivity contribution is 5.82. The lowest BCUT2D eigenvalue weighted by molar-refractivity contribution is 0.201. The van der Waals surface area contributed by atoms with Crippen LogP contribution in [0, 0.1) is 0 Å². The zero-order valence-corrected chi connectivity index (χ0v) is 19.2. The van der Waals surface area contributed by atoms with Crippen molar-refractivity contribution < 1.29 is 14.0 Å². The Balaban J connectivity index is 1.83. The third kappa shape index (κ3) is 4.17. The van der Waals surface area contributed by atoms with Crippen LogP contribution in [0.3, 0.4) is 0 Å². The third-order valence-electron chi connectivity index (χ3n) is 6.11. The molecule has 4 rings (SSSR count). The summed E-state index contributed by atoms with van der Waals surface area (Å²) in [5.74, 6) is 1.05. The molecule has 0 saturated heterocycles. The van der Waals surface area contributed by atoms with Crippen molar-refractivity contribution >= 4 is 11.4 Å². The van der Waals surface area contributed by atoms with Crippen molar-refractivity contribution in [3.63, 3.8) is 0 Å². The predicted molar refractivity (Wildman–Crippen MR) is 128 cm³/mol. The zero-order chi connectivity index (χ0) is 22.7. The van der Waals surface area contributed by atoms with Crippen molar-refractivity contribution in [3.05, 3.63) is 89.0 Å². The number of halogens is 1. The molecule has 0 saturated carbocycles. The summed E-state index contributed by atoms with van der Waals surface area (Å²) in [6, 6.07) is 22.3. The highest BCUT2D eigenvalue weighted by Crippen LogP contribution is 2.51. The minimum absolute atomic E-state index is 0.394. The Kier molecular flexibility index (Phi) is 6.66. The number of methoxy groups -OCH3 is 2. The fourth-order valence-electron chi connectivity index (χ4n) is 4.43. The average molecular weight is 435 g/mol. The molecule has 0 bridgehead atoms. The van der Waals surface area contributed by atoms with Crippen LogP contribution in [-0.2, 0) is 11.2 Å². The summed E-state index contributed by atoms with van der Waals surface area (Å²) < 4.78 is 26.9. The quantitative estimate of drug-likeness (QED) is 0.390. The van der Waals surface area contributed by atoms with E-state index in [1.54, 1.807) is 20.3 Å². The van der Waals surface area contributed by atoms with Gasteiger partial charge in [0.1, 0.15) is 11.4 Å². The monoisotopic (exact) mass is 434 g/mol. The Hall–Kier alpha value is -3.05.